The smallest absolute Gasteiger partial charge is 0.169 e. The summed E-state index contributed by atoms with van der Waals surface area (Å²) in [7, 11) is 0. The molecule has 2 aliphatic rings. The predicted molar refractivity (Wildman–Crippen MR) is 92.2 cm³/mol. The Balaban J connectivity index is 1.88. The summed E-state index contributed by atoms with van der Waals surface area (Å²) in [5.41, 5.74) is 4.17. The molecule has 2 atom stereocenters. The van der Waals surface area contributed by atoms with Gasteiger partial charge in [0, 0.05) is 29.8 Å². The number of carbonyl (C=O) groups excluding carboxylic acids is 1. The summed E-state index contributed by atoms with van der Waals surface area (Å²) in [4.78, 5) is 21.3. The third-order valence-electron chi connectivity index (χ3n) is 5.31. The van der Waals surface area contributed by atoms with Crippen molar-refractivity contribution in [3.63, 3.8) is 0 Å². The van der Waals surface area contributed by atoms with Crippen molar-refractivity contribution in [2.75, 3.05) is 0 Å². The van der Waals surface area contributed by atoms with Gasteiger partial charge in [-0.05, 0) is 42.9 Å². The highest BCUT2D eigenvalue weighted by atomic mass is 16.3. The lowest BCUT2D eigenvalue weighted by Crippen LogP contribution is -2.22. The van der Waals surface area contributed by atoms with Crippen LogP contribution in [0, 0.1) is 11.8 Å². The molecule has 122 valence electrons. The van der Waals surface area contributed by atoms with Crippen molar-refractivity contribution in [3.05, 3.63) is 53.7 Å². The quantitative estimate of drug-likeness (QED) is 0.929. The van der Waals surface area contributed by atoms with Crippen LogP contribution in [0.25, 0.3) is 16.8 Å². The van der Waals surface area contributed by atoms with E-state index in [0.29, 0.717) is 11.3 Å². The lowest BCUT2D eigenvalue weighted by atomic mass is 9.81. The number of aliphatic hydroxyl groups excluding tert-OH is 1. The molecule has 1 saturated carbocycles. The second-order valence-corrected chi connectivity index (χ2v) is 6.65. The van der Waals surface area contributed by atoms with Crippen LogP contribution < -0.4 is 0 Å². The highest BCUT2D eigenvalue weighted by Gasteiger charge is 2.41. The maximum atomic E-state index is 12.9. The molecule has 0 radical (unpaired) electrons. The molecule has 1 fully saturated rings. The van der Waals surface area contributed by atoms with Crippen LogP contribution in [-0.4, -0.2) is 20.9 Å². The highest BCUT2D eigenvalue weighted by Crippen LogP contribution is 2.46. The molecule has 4 heteroatoms. The number of nitrogens with zero attached hydrogens (tertiary/aromatic N) is 2. The van der Waals surface area contributed by atoms with Gasteiger partial charge in [0.15, 0.2) is 5.78 Å². The summed E-state index contributed by atoms with van der Waals surface area (Å²) >= 11 is 0. The van der Waals surface area contributed by atoms with Crippen molar-refractivity contribution in [2.45, 2.75) is 32.6 Å². The maximum Gasteiger partial charge on any atom is 0.169 e. The van der Waals surface area contributed by atoms with Crippen molar-refractivity contribution in [1.29, 1.82) is 0 Å². The van der Waals surface area contributed by atoms with E-state index in [2.05, 4.69) is 16.9 Å². The van der Waals surface area contributed by atoms with Gasteiger partial charge in [-0.25, -0.2) is 0 Å². The van der Waals surface area contributed by atoms with Crippen molar-refractivity contribution in [1.82, 2.24) is 9.97 Å². The number of rotatable bonds is 3. The first kappa shape index (κ1) is 15.1. The summed E-state index contributed by atoms with van der Waals surface area (Å²) in [5, 5.41) is 10.7. The minimum atomic E-state index is 0.0748. The number of hydrogen-bond donors (Lipinski definition) is 1. The zero-order valence-corrected chi connectivity index (χ0v) is 13.7. The second-order valence-electron chi connectivity index (χ2n) is 6.65. The molecule has 2 bridgehead atoms. The van der Waals surface area contributed by atoms with E-state index < -0.39 is 0 Å². The van der Waals surface area contributed by atoms with Gasteiger partial charge in [0.25, 0.3) is 0 Å². The topological polar surface area (TPSA) is 63.1 Å². The fourth-order valence-electron chi connectivity index (χ4n) is 4.00. The Bertz CT molecular complexity index is 827. The highest BCUT2D eigenvalue weighted by molar-refractivity contribution is 6.23. The number of allylic oxidation sites excluding steroid dienone is 2. The average molecular weight is 320 g/mol. The Morgan fingerprint density at radius 3 is 2.79 bits per heavy atom. The van der Waals surface area contributed by atoms with Gasteiger partial charge in [-0.1, -0.05) is 19.1 Å². The van der Waals surface area contributed by atoms with E-state index in [1.165, 1.54) is 0 Å². The van der Waals surface area contributed by atoms with Gasteiger partial charge in [-0.2, -0.15) is 0 Å². The maximum absolute atomic E-state index is 12.9. The van der Waals surface area contributed by atoms with Gasteiger partial charge >= 0.3 is 0 Å². The van der Waals surface area contributed by atoms with Crippen LogP contribution in [0.4, 0.5) is 0 Å². The number of Topliss-reactive ketones (excluding diaryl/α,β-unsaturated/α-hetero) is 1. The normalized spacial score (nSPS) is 23.0. The molecular formula is C20H20N2O2. The van der Waals surface area contributed by atoms with Crippen LogP contribution in [0.1, 0.15) is 37.3 Å². The van der Waals surface area contributed by atoms with E-state index in [1.807, 2.05) is 18.2 Å². The lowest BCUT2D eigenvalue weighted by Gasteiger charge is -2.23. The van der Waals surface area contributed by atoms with Crippen LogP contribution in [-0.2, 0) is 11.2 Å². The molecule has 24 heavy (non-hydrogen) atoms. The number of aromatic nitrogens is 2. The van der Waals surface area contributed by atoms with Gasteiger partial charge in [0.2, 0.25) is 0 Å². The fraction of sp³-hybridized carbons (Fsp3) is 0.350. The van der Waals surface area contributed by atoms with Gasteiger partial charge in [-0.3, -0.25) is 14.8 Å². The summed E-state index contributed by atoms with van der Waals surface area (Å²) in [6, 6.07) is 6.02. The van der Waals surface area contributed by atoms with E-state index in [0.717, 1.165) is 48.1 Å². The zero-order chi connectivity index (χ0) is 16.7. The van der Waals surface area contributed by atoms with Crippen molar-refractivity contribution in [2.24, 2.45) is 11.8 Å². The summed E-state index contributed by atoms with van der Waals surface area (Å²) in [6.45, 7) is 2.07. The Morgan fingerprint density at radius 1 is 1.21 bits per heavy atom. The van der Waals surface area contributed by atoms with Crippen molar-refractivity contribution < 1.29 is 9.90 Å². The molecule has 0 amide bonds. The minimum Gasteiger partial charge on any atom is -0.511 e. The Kier molecular flexibility index (Phi) is 3.68. The second kappa shape index (κ2) is 5.86. The molecule has 1 N–H and O–H groups in total. The van der Waals surface area contributed by atoms with Crippen molar-refractivity contribution in [3.8, 4) is 11.3 Å². The molecular weight excluding hydrogens is 300 g/mol. The van der Waals surface area contributed by atoms with Gasteiger partial charge in [0.1, 0.15) is 5.76 Å². The molecule has 0 unspecified atom stereocenters. The first-order valence-corrected chi connectivity index (χ1v) is 8.56. The molecule has 2 aromatic rings. The van der Waals surface area contributed by atoms with E-state index in [9.17, 15) is 9.90 Å². The van der Waals surface area contributed by atoms with Crippen LogP contribution in [0.2, 0.25) is 0 Å². The summed E-state index contributed by atoms with van der Waals surface area (Å²) < 4.78 is 0. The van der Waals surface area contributed by atoms with Crippen molar-refractivity contribution >= 4 is 11.4 Å². The Hall–Kier alpha value is -2.49. The third-order valence-corrected chi connectivity index (χ3v) is 5.31. The number of benzene rings is 1. The van der Waals surface area contributed by atoms with Crippen LogP contribution in [0.15, 0.2) is 42.5 Å². The van der Waals surface area contributed by atoms with Crippen LogP contribution in [0.5, 0.6) is 0 Å². The summed E-state index contributed by atoms with van der Waals surface area (Å²) in [5.74, 6) is 0.616. The third kappa shape index (κ3) is 2.33. The molecule has 1 heterocycles. The number of fused-ring (bicyclic) bond motifs is 2. The number of aryl methyl sites for hydroxylation is 1. The molecule has 0 aliphatic heterocycles. The number of carbonyl (C=O) groups is 1. The number of aliphatic hydroxyl groups is 1. The SMILES string of the molecule is CCc1ccc(-c2cnccn2)cc1C1=C(O)[C@H]2CC[C@H](C2)C1=O. The number of ketones is 1. The molecule has 0 spiro atoms. The minimum absolute atomic E-state index is 0.0748. The summed E-state index contributed by atoms with van der Waals surface area (Å²) in [6.07, 6.45) is 8.44. The molecule has 4 nitrogen and oxygen atoms in total. The standard InChI is InChI=1S/C20H20N2O2/c1-2-12-3-4-13(17-11-21-7-8-22-17)10-16(12)18-19(23)14-5-6-15(9-14)20(18)24/h3-4,7-8,10-11,14-15,23H,2,5-6,9H2,1H3/t14-,15+/m0/s1. The van der Waals surface area contributed by atoms with E-state index in [4.69, 9.17) is 0 Å². The van der Waals surface area contributed by atoms with Gasteiger partial charge in [0.05, 0.1) is 17.5 Å². The van der Waals surface area contributed by atoms with E-state index in [-0.39, 0.29) is 17.6 Å². The van der Waals surface area contributed by atoms with Crippen LogP contribution >= 0.6 is 0 Å². The zero-order valence-electron chi connectivity index (χ0n) is 13.7. The monoisotopic (exact) mass is 320 g/mol. The first-order valence-electron chi connectivity index (χ1n) is 8.56. The predicted octanol–water partition coefficient (Wildman–Crippen LogP) is 3.97. The molecule has 2 aliphatic carbocycles. The van der Waals surface area contributed by atoms with E-state index in [1.54, 1.807) is 18.6 Å². The average Bonchev–Trinajstić information content (AvgIpc) is 3.08. The Morgan fingerprint density at radius 2 is 2.04 bits per heavy atom. The largest absolute Gasteiger partial charge is 0.511 e. The van der Waals surface area contributed by atoms with Crippen LogP contribution in [0.3, 0.4) is 0 Å². The molecule has 1 aromatic carbocycles. The Labute approximate surface area is 141 Å². The molecule has 4 rings (SSSR count). The molecule has 0 saturated heterocycles. The van der Waals surface area contributed by atoms with Gasteiger partial charge < -0.3 is 5.11 Å². The van der Waals surface area contributed by atoms with E-state index >= 15 is 0 Å². The molecule has 1 aromatic heterocycles. The number of hydrogen-bond acceptors (Lipinski definition) is 4. The van der Waals surface area contributed by atoms with Gasteiger partial charge in [-0.15, -0.1) is 0 Å². The fourth-order valence-corrected chi connectivity index (χ4v) is 4.00. The lowest BCUT2D eigenvalue weighted by molar-refractivity contribution is -0.117. The first-order chi connectivity index (χ1) is 11.7.